The molecule has 0 bridgehead atoms. The molecule has 1 heterocycles. The fraction of sp³-hybridized carbons (Fsp3) is 0.583. The lowest BCUT2D eigenvalue weighted by Gasteiger charge is -2.12. The van der Waals surface area contributed by atoms with Gasteiger partial charge in [-0.3, -0.25) is 4.98 Å². The van der Waals surface area contributed by atoms with Crippen LogP contribution in [-0.4, -0.2) is 4.98 Å². The first kappa shape index (κ1) is 13.8. The lowest BCUT2D eigenvalue weighted by Crippen LogP contribution is -2.12. The van der Waals surface area contributed by atoms with Crippen LogP contribution in [0.2, 0.25) is 10.0 Å². The molecule has 1 aromatic rings. The molecule has 0 aliphatic heterocycles. The first-order valence-electron chi connectivity index (χ1n) is 5.71. The number of aromatic nitrogens is 1. The van der Waals surface area contributed by atoms with Crippen LogP contribution in [0, 0.1) is 0 Å². The van der Waals surface area contributed by atoms with Gasteiger partial charge in [0.25, 0.3) is 0 Å². The molecule has 90 valence electrons. The van der Waals surface area contributed by atoms with E-state index in [0.29, 0.717) is 10.0 Å². The third kappa shape index (κ3) is 4.28. The minimum absolute atomic E-state index is 0.0818. The van der Waals surface area contributed by atoms with Crippen LogP contribution in [0.15, 0.2) is 12.3 Å². The van der Waals surface area contributed by atoms with Crippen LogP contribution in [0.1, 0.15) is 50.8 Å². The first-order valence-corrected chi connectivity index (χ1v) is 6.47. The van der Waals surface area contributed by atoms with Gasteiger partial charge in [0.15, 0.2) is 0 Å². The fourth-order valence-electron chi connectivity index (χ4n) is 1.63. The summed E-state index contributed by atoms with van der Waals surface area (Å²) in [7, 11) is 0. The molecule has 1 unspecified atom stereocenters. The number of hydrogen-bond donors (Lipinski definition) is 1. The molecule has 0 spiro atoms. The number of unbranched alkanes of at least 4 members (excludes halogenated alkanes) is 3. The molecule has 0 aromatic carbocycles. The topological polar surface area (TPSA) is 38.9 Å². The normalized spacial score (nSPS) is 12.8. The molecule has 0 amide bonds. The number of rotatable bonds is 6. The number of nitrogens with two attached hydrogens (primary N) is 1. The maximum absolute atomic E-state index is 6.04. The quantitative estimate of drug-likeness (QED) is 0.773. The summed E-state index contributed by atoms with van der Waals surface area (Å²) in [6, 6.07) is 1.61. The van der Waals surface area contributed by atoms with Crippen molar-refractivity contribution >= 4 is 23.2 Å². The Kier molecular flexibility index (Phi) is 6.10. The molecule has 0 aliphatic carbocycles. The Labute approximate surface area is 107 Å². The van der Waals surface area contributed by atoms with Gasteiger partial charge in [-0.05, 0) is 12.5 Å². The van der Waals surface area contributed by atoms with Crippen LogP contribution in [0.3, 0.4) is 0 Å². The third-order valence-electron chi connectivity index (χ3n) is 2.56. The zero-order chi connectivity index (χ0) is 12.0. The summed E-state index contributed by atoms with van der Waals surface area (Å²) in [5, 5.41) is 1.11. The highest BCUT2D eigenvalue weighted by atomic mass is 35.5. The maximum Gasteiger partial charge on any atom is 0.0757 e. The van der Waals surface area contributed by atoms with Gasteiger partial charge in [-0.2, -0.15) is 0 Å². The van der Waals surface area contributed by atoms with Gasteiger partial charge in [0.2, 0.25) is 0 Å². The zero-order valence-corrected chi connectivity index (χ0v) is 11.1. The van der Waals surface area contributed by atoms with E-state index < -0.39 is 0 Å². The summed E-state index contributed by atoms with van der Waals surface area (Å²) in [5.41, 5.74) is 6.79. The van der Waals surface area contributed by atoms with Crippen molar-refractivity contribution in [2.45, 2.75) is 45.1 Å². The van der Waals surface area contributed by atoms with E-state index in [1.807, 2.05) is 0 Å². The van der Waals surface area contributed by atoms with Gasteiger partial charge in [-0.1, -0.05) is 55.8 Å². The second-order valence-electron chi connectivity index (χ2n) is 3.98. The highest BCUT2D eigenvalue weighted by molar-refractivity contribution is 6.34. The predicted octanol–water partition coefficient (Wildman–Crippen LogP) is 4.36. The summed E-state index contributed by atoms with van der Waals surface area (Å²) in [6.45, 7) is 2.19. The van der Waals surface area contributed by atoms with Crippen LogP contribution >= 0.6 is 23.2 Å². The van der Waals surface area contributed by atoms with Gasteiger partial charge < -0.3 is 5.73 Å². The molecule has 1 atom stereocenters. The molecule has 0 saturated carbocycles. The highest BCUT2D eigenvalue weighted by Crippen LogP contribution is 2.25. The molecule has 4 heteroatoms. The van der Waals surface area contributed by atoms with Gasteiger partial charge in [0, 0.05) is 12.2 Å². The lowest BCUT2D eigenvalue weighted by molar-refractivity contribution is 0.557. The van der Waals surface area contributed by atoms with Crippen molar-refractivity contribution in [2.24, 2.45) is 5.73 Å². The Hall–Kier alpha value is -0.310. The van der Waals surface area contributed by atoms with Gasteiger partial charge in [0.05, 0.1) is 15.7 Å². The van der Waals surface area contributed by atoms with E-state index in [-0.39, 0.29) is 6.04 Å². The second-order valence-corrected chi connectivity index (χ2v) is 4.82. The van der Waals surface area contributed by atoms with E-state index in [9.17, 15) is 0 Å². The Morgan fingerprint density at radius 1 is 1.31 bits per heavy atom. The van der Waals surface area contributed by atoms with E-state index in [0.717, 1.165) is 18.5 Å². The second kappa shape index (κ2) is 7.10. The molecule has 1 rings (SSSR count). The van der Waals surface area contributed by atoms with Crippen LogP contribution < -0.4 is 5.73 Å². The monoisotopic (exact) mass is 260 g/mol. The van der Waals surface area contributed by atoms with E-state index in [2.05, 4.69) is 11.9 Å². The van der Waals surface area contributed by atoms with Gasteiger partial charge in [-0.15, -0.1) is 0 Å². The molecule has 0 aliphatic rings. The molecule has 2 N–H and O–H groups in total. The van der Waals surface area contributed by atoms with Crippen molar-refractivity contribution in [3.63, 3.8) is 0 Å². The lowest BCUT2D eigenvalue weighted by atomic mass is 10.1. The van der Waals surface area contributed by atoms with Crippen LogP contribution in [0.25, 0.3) is 0 Å². The largest absolute Gasteiger partial charge is 0.323 e. The average Bonchev–Trinajstić information content (AvgIpc) is 2.24. The average molecular weight is 261 g/mol. The van der Waals surface area contributed by atoms with Crippen molar-refractivity contribution in [2.75, 3.05) is 0 Å². The van der Waals surface area contributed by atoms with Crippen molar-refractivity contribution in [3.8, 4) is 0 Å². The summed E-state index contributed by atoms with van der Waals surface area (Å²) in [4.78, 5) is 4.19. The van der Waals surface area contributed by atoms with Crippen LogP contribution in [0.5, 0.6) is 0 Å². The maximum atomic E-state index is 6.04. The molecular formula is C12H18Cl2N2. The zero-order valence-electron chi connectivity index (χ0n) is 9.55. The molecule has 1 aromatic heterocycles. The summed E-state index contributed by atoms with van der Waals surface area (Å²) in [6.07, 6.45) is 7.35. The molecule has 0 saturated heterocycles. The van der Waals surface area contributed by atoms with Gasteiger partial charge >= 0.3 is 0 Å². The third-order valence-corrected chi connectivity index (χ3v) is 3.07. The SMILES string of the molecule is CCCCCCC(N)c1ncc(Cl)cc1Cl. The molecular weight excluding hydrogens is 243 g/mol. The van der Waals surface area contributed by atoms with Crippen molar-refractivity contribution in [3.05, 3.63) is 28.0 Å². The standard InChI is InChI=1S/C12H18Cl2N2/c1-2-3-4-5-6-11(15)12-10(14)7-9(13)8-16-12/h7-8,11H,2-6,15H2,1H3. The minimum Gasteiger partial charge on any atom is -0.323 e. The van der Waals surface area contributed by atoms with Crippen LogP contribution in [0.4, 0.5) is 0 Å². The van der Waals surface area contributed by atoms with E-state index >= 15 is 0 Å². The summed E-state index contributed by atoms with van der Waals surface area (Å²) < 4.78 is 0. The Morgan fingerprint density at radius 3 is 2.69 bits per heavy atom. The summed E-state index contributed by atoms with van der Waals surface area (Å²) >= 11 is 11.8. The number of halogens is 2. The van der Waals surface area contributed by atoms with Gasteiger partial charge in [0.1, 0.15) is 0 Å². The molecule has 0 fully saturated rings. The highest BCUT2D eigenvalue weighted by Gasteiger charge is 2.11. The number of nitrogens with zero attached hydrogens (tertiary/aromatic N) is 1. The molecule has 0 radical (unpaired) electrons. The van der Waals surface area contributed by atoms with Gasteiger partial charge in [-0.25, -0.2) is 0 Å². The predicted molar refractivity (Wildman–Crippen MR) is 69.9 cm³/mol. The Balaban J connectivity index is 2.49. The smallest absolute Gasteiger partial charge is 0.0757 e. The van der Waals surface area contributed by atoms with Crippen LogP contribution in [-0.2, 0) is 0 Å². The summed E-state index contributed by atoms with van der Waals surface area (Å²) in [5.74, 6) is 0. The first-order chi connectivity index (χ1) is 7.65. The van der Waals surface area contributed by atoms with E-state index in [1.54, 1.807) is 12.3 Å². The van der Waals surface area contributed by atoms with E-state index in [1.165, 1.54) is 19.3 Å². The van der Waals surface area contributed by atoms with Crippen molar-refractivity contribution in [1.29, 1.82) is 0 Å². The Morgan fingerprint density at radius 2 is 2.06 bits per heavy atom. The number of pyridine rings is 1. The molecule has 16 heavy (non-hydrogen) atoms. The van der Waals surface area contributed by atoms with Crippen molar-refractivity contribution < 1.29 is 0 Å². The molecule has 2 nitrogen and oxygen atoms in total. The van der Waals surface area contributed by atoms with Crippen molar-refractivity contribution in [1.82, 2.24) is 4.98 Å². The Bertz CT molecular complexity index is 329. The van der Waals surface area contributed by atoms with E-state index in [4.69, 9.17) is 28.9 Å². The fourth-order valence-corrected chi connectivity index (χ4v) is 2.15. The minimum atomic E-state index is -0.0818. The number of hydrogen-bond acceptors (Lipinski definition) is 2.